The number of halogens is 1. The number of amides is 1. The van der Waals surface area contributed by atoms with Crippen LogP contribution in [0.3, 0.4) is 0 Å². The number of aromatic nitrogens is 2. The van der Waals surface area contributed by atoms with Crippen molar-refractivity contribution in [1.82, 2.24) is 15.3 Å². The van der Waals surface area contributed by atoms with E-state index in [1.807, 2.05) is 13.8 Å². The topological polar surface area (TPSA) is 80.9 Å². The minimum absolute atomic E-state index is 0. The van der Waals surface area contributed by atoms with Crippen molar-refractivity contribution in [3.8, 4) is 0 Å². The predicted octanol–water partition coefficient (Wildman–Crippen LogP) is 1.52. The van der Waals surface area contributed by atoms with Crippen molar-refractivity contribution in [2.45, 2.75) is 19.4 Å². The van der Waals surface area contributed by atoms with Crippen LogP contribution < -0.4 is 11.1 Å². The molecule has 0 saturated heterocycles. The van der Waals surface area contributed by atoms with E-state index in [1.165, 1.54) is 0 Å². The van der Waals surface area contributed by atoms with E-state index in [0.29, 0.717) is 17.6 Å². The molecule has 2 rings (SSSR count). The maximum Gasteiger partial charge on any atom is 0.251 e. The van der Waals surface area contributed by atoms with Crippen LogP contribution >= 0.6 is 12.4 Å². The SMILES string of the molecule is CC(C)(CN)NC(=O)c1ccc2nccnc2c1.Cl. The third-order valence-electron chi connectivity index (χ3n) is 2.69. The van der Waals surface area contributed by atoms with Crippen LogP contribution in [0.15, 0.2) is 30.6 Å². The molecule has 0 radical (unpaired) electrons. The molecule has 19 heavy (non-hydrogen) atoms. The Morgan fingerprint density at radius 3 is 2.53 bits per heavy atom. The Bertz CT molecular complexity index is 586. The largest absolute Gasteiger partial charge is 0.346 e. The third kappa shape index (κ3) is 3.62. The number of hydrogen-bond acceptors (Lipinski definition) is 4. The van der Waals surface area contributed by atoms with Crippen LogP contribution in [0.1, 0.15) is 24.2 Å². The lowest BCUT2D eigenvalue weighted by atomic mass is 10.0. The Morgan fingerprint density at radius 1 is 1.26 bits per heavy atom. The van der Waals surface area contributed by atoms with Crippen molar-refractivity contribution in [2.24, 2.45) is 5.73 Å². The molecule has 0 aliphatic heterocycles. The van der Waals surface area contributed by atoms with E-state index in [4.69, 9.17) is 5.73 Å². The van der Waals surface area contributed by atoms with Crippen LogP contribution in [0, 0.1) is 0 Å². The normalized spacial score (nSPS) is 10.9. The minimum atomic E-state index is -0.422. The molecule has 102 valence electrons. The summed E-state index contributed by atoms with van der Waals surface area (Å²) >= 11 is 0. The van der Waals surface area contributed by atoms with Crippen molar-refractivity contribution in [1.29, 1.82) is 0 Å². The Kier molecular flexibility index (Phi) is 4.80. The van der Waals surface area contributed by atoms with Crippen molar-refractivity contribution < 1.29 is 4.79 Å². The molecule has 0 saturated carbocycles. The number of nitrogens with one attached hydrogen (secondary N) is 1. The van der Waals surface area contributed by atoms with Gasteiger partial charge in [-0.2, -0.15) is 0 Å². The van der Waals surface area contributed by atoms with Gasteiger partial charge < -0.3 is 11.1 Å². The fraction of sp³-hybridized carbons (Fsp3) is 0.308. The molecular formula is C13H17ClN4O. The Labute approximate surface area is 118 Å². The molecular weight excluding hydrogens is 264 g/mol. The number of carbonyl (C=O) groups excluding carboxylic acids is 1. The van der Waals surface area contributed by atoms with Crippen molar-refractivity contribution in [3.63, 3.8) is 0 Å². The average molecular weight is 281 g/mol. The Hall–Kier alpha value is -1.72. The summed E-state index contributed by atoms with van der Waals surface area (Å²) in [7, 11) is 0. The van der Waals surface area contributed by atoms with Crippen LogP contribution in [0.5, 0.6) is 0 Å². The first-order valence-electron chi connectivity index (χ1n) is 5.75. The summed E-state index contributed by atoms with van der Waals surface area (Å²) in [4.78, 5) is 20.4. The van der Waals surface area contributed by atoms with E-state index in [2.05, 4.69) is 15.3 Å². The second-order valence-corrected chi connectivity index (χ2v) is 4.80. The average Bonchev–Trinajstić information content (AvgIpc) is 2.37. The number of hydrogen-bond donors (Lipinski definition) is 2. The summed E-state index contributed by atoms with van der Waals surface area (Å²) in [6.45, 7) is 4.14. The van der Waals surface area contributed by atoms with Gasteiger partial charge in [-0.15, -0.1) is 12.4 Å². The predicted molar refractivity (Wildman–Crippen MR) is 77.4 cm³/mol. The van der Waals surface area contributed by atoms with Gasteiger partial charge in [0.1, 0.15) is 0 Å². The highest BCUT2D eigenvalue weighted by molar-refractivity contribution is 5.97. The lowest BCUT2D eigenvalue weighted by Crippen LogP contribution is -2.48. The number of fused-ring (bicyclic) bond motifs is 1. The molecule has 5 nitrogen and oxygen atoms in total. The van der Waals surface area contributed by atoms with Crippen molar-refractivity contribution in [3.05, 3.63) is 36.2 Å². The van der Waals surface area contributed by atoms with E-state index < -0.39 is 5.54 Å². The number of nitrogens with zero attached hydrogens (tertiary/aromatic N) is 2. The highest BCUT2D eigenvalue weighted by atomic mass is 35.5. The molecule has 6 heteroatoms. The lowest BCUT2D eigenvalue weighted by molar-refractivity contribution is 0.0916. The standard InChI is InChI=1S/C13H16N4O.ClH/c1-13(2,8-14)17-12(18)9-3-4-10-11(7-9)16-6-5-15-10;/h3-7H,8,14H2,1-2H3,(H,17,18);1H. The third-order valence-corrected chi connectivity index (χ3v) is 2.69. The summed E-state index contributed by atoms with van der Waals surface area (Å²) in [5.74, 6) is -0.155. The molecule has 0 aliphatic carbocycles. The van der Waals surface area contributed by atoms with Crippen LogP contribution in [-0.4, -0.2) is 28.0 Å². The summed E-state index contributed by atoms with van der Waals surface area (Å²) < 4.78 is 0. The minimum Gasteiger partial charge on any atom is -0.346 e. The van der Waals surface area contributed by atoms with E-state index in [0.717, 1.165) is 5.52 Å². The summed E-state index contributed by atoms with van der Waals surface area (Å²) in [6, 6.07) is 5.25. The fourth-order valence-corrected chi connectivity index (χ4v) is 1.54. The maximum absolute atomic E-state index is 12.0. The first-order chi connectivity index (χ1) is 8.52. The molecule has 0 atom stereocenters. The van der Waals surface area contributed by atoms with Crippen LogP contribution in [0.4, 0.5) is 0 Å². The van der Waals surface area contributed by atoms with Gasteiger partial charge in [-0.25, -0.2) is 0 Å². The number of rotatable bonds is 3. The number of benzene rings is 1. The molecule has 0 aliphatic rings. The van der Waals surface area contributed by atoms with E-state index >= 15 is 0 Å². The molecule has 0 bridgehead atoms. The fourth-order valence-electron chi connectivity index (χ4n) is 1.54. The van der Waals surface area contributed by atoms with E-state index in [-0.39, 0.29) is 18.3 Å². The second-order valence-electron chi connectivity index (χ2n) is 4.80. The van der Waals surface area contributed by atoms with Crippen molar-refractivity contribution in [2.75, 3.05) is 6.54 Å². The van der Waals surface area contributed by atoms with Crippen LogP contribution in [0.2, 0.25) is 0 Å². The quantitative estimate of drug-likeness (QED) is 0.893. The van der Waals surface area contributed by atoms with Gasteiger partial charge in [0.15, 0.2) is 0 Å². The highest BCUT2D eigenvalue weighted by Crippen LogP contribution is 2.12. The zero-order chi connectivity index (χ0) is 13.2. The van der Waals surface area contributed by atoms with Gasteiger partial charge in [0.2, 0.25) is 0 Å². The molecule has 0 fully saturated rings. The van der Waals surface area contributed by atoms with Crippen LogP contribution in [0.25, 0.3) is 11.0 Å². The lowest BCUT2D eigenvalue weighted by Gasteiger charge is -2.24. The number of nitrogens with two attached hydrogens (primary N) is 1. The smallest absolute Gasteiger partial charge is 0.251 e. The van der Waals surface area contributed by atoms with Gasteiger partial charge in [-0.3, -0.25) is 14.8 Å². The second kappa shape index (κ2) is 5.95. The molecule has 1 aromatic heterocycles. The summed E-state index contributed by atoms with van der Waals surface area (Å²) in [6.07, 6.45) is 3.23. The molecule has 2 aromatic rings. The zero-order valence-electron chi connectivity index (χ0n) is 10.9. The van der Waals surface area contributed by atoms with Crippen molar-refractivity contribution >= 4 is 29.3 Å². The Morgan fingerprint density at radius 2 is 1.89 bits per heavy atom. The first kappa shape index (κ1) is 15.3. The molecule has 0 spiro atoms. The Balaban J connectivity index is 0.00000180. The van der Waals surface area contributed by atoms with Gasteiger partial charge in [0.25, 0.3) is 5.91 Å². The number of carbonyl (C=O) groups is 1. The van der Waals surface area contributed by atoms with Gasteiger partial charge in [-0.05, 0) is 32.0 Å². The zero-order valence-corrected chi connectivity index (χ0v) is 11.7. The van der Waals surface area contributed by atoms with Crippen LogP contribution in [-0.2, 0) is 0 Å². The molecule has 1 heterocycles. The van der Waals surface area contributed by atoms with E-state index in [9.17, 15) is 4.79 Å². The van der Waals surface area contributed by atoms with Gasteiger partial charge >= 0.3 is 0 Å². The van der Waals surface area contributed by atoms with Gasteiger partial charge in [-0.1, -0.05) is 0 Å². The monoisotopic (exact) mass is 280 g/mol. The van der Waals surface area contributed by atoms with E-state index in [1.54, 1.807) is 30.6 Å². The molecule has 3 N–H and O–H groups in total. The molecule has 1 aromatic carbocycles. The molecule has 0 unspecified atom stereocenters. The maximum atomic E-state index is 12.0. The van der Waals surface area contributed by atoms with Gasteiger partial charge in [0.05, 0.1) is 11.0 Å². The summed E-state index contributed by atoms with van der Waals surface area (Å²) in [5, 5.41) is 2.87. The molecule has 1 amide bonds. The first-order valence-corrected chi connectivity index (χ1v) is 5.75. The summed E-state index contributed by atoms with van der Waals surface area (Å²) in [5.41, 5.74) is 7.20. The van der Waals surface area contributed by atoms with Gasteiger partial charge in [0, 0.05) is 30.0 Å². The highest BCUT2D eigenvalue weighted by Gasteiger charge is 2.19.